The van der Waals surface area contributed by atoms with Crippen molar-refractivity contribution in [3.63, 3.8) is 0 Å². The Labute approximate surface area is 168 Å². The molecule has 1 saturated heterocycles. The fraction of sp³-hybridized carbons (Fsp3) is 0.438. The third-order valence-electron chi connectivity index (χ3n) is 4.52. The highest BCUT2D eigenvalue weighted by atomic mass is 35.5. The lowest BCUT2D eigenvalue weighted by Gasteiger charge is -2.34. The molecule has 0 N–H and O–H groups in total. The van der Waals surface area contributed by atoms with Gasteiger partial charge in [0.15, 0.2) is 0 Å². The van der Waals surface area contributed by atoms with Crippen molar-refractivity contribution in [2.24, 2.45) is 7.05 Å². The molecule has 1 aliphatic rings. The average Bonchev–Trinajstić information content (AvgIpc) is 2.84. The van der Waals surface area contributed by atoms with Gasteiger partial charge in [-0.25, -0.2) is 8.42 Å². The molecule has 0 amide bonds. The molecule has 2 heterocycles. The Kier molecular flexibility index (Phi) is 5.86. The Morgan fingerprint density at radius 3 is 2.35 bits per heavy atom. The van der Waals surface area contributed by atoms with E-state index in [4.69, 9.17) is 34.8 Å². The van der Waals surface area contributed by atoms with E-state index in [1.165, 1.54) is 10.4 Å². The number of hydrogen-bond acceptors (Lipinski definition) is 4. The Morgan fingerprint density at radius 2 is 1.77 bits per heavy atom. The van der Waals surface area contributed by atoms with Gasteiger partial charge in [0.05, 0.1) is 15.7 Å². The van der Waals surface area contributed by atoms with E-state index in [1.54, 1.807) is 23.9 Å². The van der Waals surface area contributed by atoms with E-state index in [0.29, 0.717) is 37.9 Å². The minimum atomic E-state index is -3.68. The number of halogens is 3. The molecule has 0 atom stereocenters. The Bertz CT molecular complexity index is 922. The maximum Gasteiger partial charge on any atom is 0.244 e. The topological polar surface area (TPSA) is 58.4 Å². The molecular formula is C16H19Cl3N4O2S. The zero-order valence-corrected chi connectivity index (χ0v) is 17.5. The van der Waals surface area contributed by atoms with Crippen LogP contribution in [-0.2, 0) is 23.6 Å². The fourth-order valence-electron chi connectivity index (χ4n) is 3.03. The summed E-state index contributed by atoms with van der Waals surface area (Å²) in [7, 11) is -1.87. The second kappa shape index (κ2) is 7.66. The molecule has 142 valence electrons. The third-order valence-corrected chi connectivity index (χ3v) is 7.86. The van der Waals surface area contributed by atoms with Crippen LogP contribution in [0, 0.1) is 6.92 Å². The van der Waals surface area contributed by atoms with Gasteiger partial charge in [-0.2, -0.15) is 9.40 Å². The maximum absolute atomic E-state index is 12.9. The van der Waals surface area contributed by atoms with Gasteiger partial charge in [0.1, 0.15) is 10.0 Å². The molecule has 1 fully saturated rings. The molecule has 1 aromatic carbocycles. The Hall–Kier alpha value is -0.830. The van der Waals surface area contributed by atoms with Gasteiger partial charge in [0.25, 0.3) is 0 Å². The SMILES string of the molecule is Cc1nn(C)c(Cl)c1CN1CCN(S(=O)(=O)c2cccc(Cl)c2Cl)CC1. The van der Waals surface area contributed by atoms with Crippen LogP contribution in [0.1, 0.15) is 11.3 Å². The van der Waals surface area contributed by atoms with E-state index < -0.39 is 10.0 Å². The van der Waals surface area contributed by atoms with Gasteiger partial charge < -0.3 is 0 Å². The normalized spacial score (nSPS) is 17.0. The molecule has 2 aromatic rings. The summed E-state index contributed by atoms with van der Waals surface area (Å²) in [6.07, 6.45) is 0. The van der Waals surface area contributed by atoms with Crippen LogP contribution in [0.3, 0.4) is 0 Å². The summed E-state index contributed by atoms with van der Waals surface area (Å²) in [5.74, 6) is 0. The minimum Gasteiger partial charge on any atom is -0.296 e. The first-order chi connectivity index (χ1) is 12.2. The molecule has 3 rings (SSSR count). The molecule has 6 nitrogen and oxygen atoms in total. The van der Waals surface area contributed by atoms with Crippen molar-refractivity contribution in [2.45, 2.75) is 18.4 Å². The molecule has 0 saturated carbocycles. The molecular weight excluding hydrogens is 419 g/mol. The number of aryl methyl sites for hydroxylation is 2. The summed E-state index contributed by atoms with van der Waals surface area (Å²) in [6.45, 7) is 4.52. The summed E-state index contributed by atoms with van der Waals surface area (Å²) < 4.78 is 28.8. The molecule has 0 radical (unpaired) electrons. The van der Waals surface area contributed by atoms with Crippen LogP contribution in [0.2, 0.25) is 15.2 Å². The highest BCUT2D eigenvalue weighted by Crippen LogP contribution is 2.31. The van der Waals surface area contributed by atoms with Crippen LogP contribution in [0.5, 0.6) is 0 Å². The molecule has 10 heteroatoms. The molecule has 0 bridgehead atoms. The van der Waals surface area contributed by atoms with E-state index in [9.17, 15) is 8.42 Å². The molecule has 26 heavy (non-hydrogen) atoms. The number of piperazine rings is 1. The first-order valence-corrected chi connectivity index (χ1v) is 10.6. The summed E-state index contributed by atoms with van der Waals surface area (Å²) in [5.41, 5.74) is 1.86. The maximum atomic E-state index is 12.9. The van der Waals surface area contributed by atoms with Crippen molar-refractivity contribution in [2.75, 3.05) is 26.2 Å². The van der Waals surface area contributed by atoms with E-state index >= 15 is 0 Å². The number of benzene rings is 1. The molecule has 0 spiro atoms. The van der Waals surface area contributed by atoms with Crippen LogP contribution in [0.15, 0.2) is 23.1 Å². The monoisotopic (exact) mass is 436 g/mol. The zero-order chi connectivity index (χ0) is 19.1. The predicted molar refractivity (Wildman–Crippen MR) is 103 cm³/mol. The summed E-state index contributed by atoms with van der Waals surface area (Å²) in [5, 5.41) is 5.22. The standard InChI is InChI=1S/C16H19Cl3N4O2S/c1-11-12(16(19)21(2)20-11)10-22-6-8-23(9-7-22)26(24,25)14-5-3-4-13(17)15(14)18/h3-5H,6-10H2,1-2H3. The highest BCUT2D eigenvalue weighted by Gasteiger charge is 2.31. The number of sulfonamides is 1. The average molecular weight is 438 g/mol. The fourth-order valence-corrected chi connectivity index (χ4v) is 5.42. The number of hydrogen-bond donors (Lipinski definition) is 0. The summed E-state index contributed by atoms with van der Waals surface area (Å²) in [6, 6.07) is 4.64. The number of nitrogens with zero attached hydrogens (tertiary/aromatic N) is 4. The van der Waals surface area contributed by atoms with E-state index in [-0.39, 0.29) is 14.9 Å². The summed E-state index contributed by atoms with van der Waals surface area (Å²) in [4.78, 5) is 2.22. The zero-order valence-electron chi connectivity index (χ0n) is 14.4. The van der Waals surface area contributed by atoms with Gasteiger partial charge >= 0.3 is 0 Å². The smallest absolute Gasteiger partial charge is 0.244 e. The predicted octanol–water partition coefficient (Wildman–Crippen LogP) is 3.20. The van der Waals surface area contributed by atoms with Crippen LogP contribution >= 0.6 is 34.8 Å². The molecule has 0 unspecified atom stereocenters. The lowest BCUT2D eigenvalue weighted by atomic mass is 10.2. The van der Waals surface area contributed by atoms with Crippen molar-refractivity contribution in [3.8, 4) is 0 Å². The molecule has 0 aliphatic carbocycles. The lowest BCUT2D eigenvalue weighted by molar-refractivity contribution is 0.181. The van der Waals surface area contributed by atoms with Gasteiger partial charge in [-0.05, 0) is 19.1 Å². The van der Waals surface area contributed by atoms with Gasteiger partial charge in [0.2, 0.25) is 10.0 Å². The number of aromatic nitrogens is 2. The first-order valence-electron chi connectivity index (χ1n) is 8.06. The molecule has 1 aromatic heterocycles. The minimum absolute atomic E-state index is 0.0475. The lowest BCUT2D eigenvalue weighted by Crippen LogP contribution is -2.48. The quantitative estimate of drug-likeness (QED) is 0.737. The summed E-state index contributed by atoms with van der Waals surface area (Å²) >= 11 is 18.3. The number of rotatable bonds is 4. The van der Waals surface area contributed by atoms with Crippen molar-refractivity contribution in [3.05, 3.63) is 44.7 Å². The van der Waals surface area contributed by atoms with Crippen LogP contribution < -0.4 is 0 Å². The van der Waals surface area contributed by atoms with Crippen LogP contribution in [0.4, 0.5) is 0 Å². The largest absolute Gasteiger partial charge is 0.296 e. The van der Waals surface area contributed by atoms with Crippen LogP contribution in [0.25, 0.3) is 0 Å². The van der Waals surface area contributed by atoms with Crippen molar-refractivity contribution in [1.29, 1.82) is 0 Å². The van der Waals surface area contributed by atoms with Crippen LogP contribution in [-0.4, -0.2) is 53.6 Å². The third kappa shape index (κ3) is 3.74. The highest BCUT2D eigenvalue weighted by molar-refractivity contribution is 7.89. The first kappa shape index (κ1) is 19.9. The van der Waals surface area contributed by atoms with E-state index in [1.807, 2.05) is 6.92 Å². The second-order valence-corrected chi connectivity index (χ2v) is 9.26. The van der Waals surface area contributed by atoms with Gasteiger partial charge in [-0.3, -0.25) is 9.58 Å². The van der Waals surface area contributed by atoms with Gasteiger partial charge in [0, 0.05) is 45.3 Å². The van der Waals surface area contributed by atoms with Crippen molar-refractivity contribution >= 4 is 44.8 Å². The van der Waals surface area contributed by atoms with Crippen molar-refractivity contribution < 1.29 is 8.42 Å². The molecule has 1 aliphatic heterocycles. The van der Waals surface area contributed by atoms with Gasteiger partial charge in [-0.1, -0.05) is 40.9 Å². The Morgan fingerprint density at radius 1 is 1.12 bits per heavy atom. The van der Waals surface area contributed by atoms with Gasteiger partial charge in [-0.15, -0.1) is 0 Å². The van der Waals surface area contributed by atoms with E-state index in [0.717, 1.165) is 11.3 Å². The second-order valence-electron chi connectivity index (χ2n) is 6.21. The van der Waals surface area contributed by atoms with Crippen molar-refractivity contribution in [1.82, 2.24) is 19.0 Å². The van der Waals surface area contributed by atoms with E-state index in [2.05, 4.69) is 10.00 Å². The Balaban J connectivity index is 1.71.